The number of rotatable bonds is 1. The van der Waals surface area contributed by atoms with E-state index in [1.807, 2.05) is 6.92 Å². The highest BCUT2D eigenvalue weighted by Crippen LogP contribution is 2.18. The molecule has 0 saturated carbocycles. The Morgan fingerprint density at radius 3 is 2.73 bits per heavy atom. The summed E-state index contributed by atoms with van der Waals surface area (Å²) in [6.45, 7) is 3.54. The minimum absolute atomic E-state index is 0.499. The molecule has 0 radical (unpaired) electrons. The van der Waals surface area contributed by atoms with Crippen LogP contribution in [0.25, 0.3) is 0 Å². The molecular weight excluding hydrogens is 162 g/mol. The van der Waals surface area contributed by atoms with Gasteiger partial charge in [0.1, 0.15) is 0 Å². The highest BCUT2D eigenvalue weighted by molar-refractivity contribution is 6.30. The van der Waals surface area contributed by atoms with Crippen LogP contribution in [0.5, 0.6) is 0 Å². The molecule has 0 bridgehead atoms. The smallest absolute Gasteiger partial charge is 0.0779 e. The van der Waals surface area contributed by atoms with Crippen molar-refractivity contribution in [3.8, 4) is 0 Å². The second kappa shape index (κ2) is 3.20. The second-order valence-electron chi connectivity index (χ2n) is 2.50. The van der Waals surface area contributed by atoms with E-state index in [9.17, 15) is 5.11 Å². The van der Waals surface area contributed by atoms with Crippen LogP contribution in [0, 0.1) is 6.92 Å². The normalized spacial score (nSPS) is 13.1. The largest absolute Gasteiger partial charge is 0.389 e. The van der Waals surface area contributed by atoms with Gasteiger partial charge in [-0.05, 0) is 19.9 Å². The van der Waals surface area contributed by atoms with Crippen LogP contribution in [0.15, 0.2) is 12.3 Å². The lowest BCUT2D eigenvalue weighted by Gasteiger charge is -2.07. The monoisotopic (exact) mass is 171 g/mol. The minimum atomic E-state index is -0.499. The van der Waals surface area contributed by atoms with Crippen LogP contribution in [-0.4, -0.2) is 10.1 Å². The Bertz CT molecular complexity index is 260. The van der Waals surface area contributed by atoms with Gasteiger partial charge in [-0.1, -0.05) is 11.6 Å². The van der Waals surface area contributed by atoms with Crippen molar-refractivity contribution in [2.24, 2.45) is 0 Å². The molecule has 11 heavy (non-hydrogen) atoms. The number of nitrogens with zero attached hydrogens (tertiary/aromatic N) is 1. The average Bonchev–Trinajstić information content (AvgIpc) is 1.94. The van der Waals surface area contributed by atoms with E-state index in [1.54, 1.807) is 19.2 Å². The Balaban J connectivity index is 3.13. The summed E-state index contributed by atoms with van der Waals surface area (Å²) in [7, 11) is 0. The van der Waals surface area contributed by atoms with E-state index >= 15 is 0 Å². The zero-order chi connectivity index (χ0) is 8.43. The second-order valence-corrected chi connectivity index (χ2v) is 2.94. The first-order chi connectivity index (χ1) is 5.11. The standard InChI is InChI=1S/C8H10ClNO/c1-5-8(6(2)11)3-7(9)4-10-5/h3-4,6,11H,1-2H3/t6-/m0/s1. The third-order valence-electron chi connectivity index (χ3n) is 1.54. The summed E-state index contributed by atoms with van der Waals surface area (Å²) >= 11 is 5.69. The number of aliphatic hydroxyl groups excluding tert-OH is 1. The summed E-state index contributed by atoms with van der Waals surface area (Å²) < 4.78 is 0. The summed E-state index contributed by atoms with van der Waals surface area (Å²) in [5.74, 6) is 0. The fourth-order valence-corrected chi connectivity index (χ4v) is 1.11. The fraction of sp³-hybridized carbons (Fsp3) is 0.375. The van der Waals surface area contributed by atoms with Crippen molar-refractivity contribution < 1.29 is 5.11 Å². The van der Waals surface area contributed by atoms with Gasteiger partial charge in [0.2, 0.25) is 0 Å². The van der Waals surface area contributed by atoms with Gasteiger partial charge in [0.15, 0.2) is 0 Å². The van der Waals surface area contributed by atoms with Gasteiger partial charge in [-0.3, -0.25) is 4.98 Å². The summed E-state index contributed by atoms with van der Waals surface area (Å²) in [6.07, 6.45) is 1.07. The van der Waals surface area contributed by atoms with Gasteiger partial charge in [0, 0.05) is 17.5 Å². The molecule has 3 heteroatoms. The molecule has 1 aromatic heterocycles. The molecule has 0 amide bonds. The van der Waals surface area contributed by atoms with E-state index < -0.39 is 6.10 Å². The Morgan fingerprint density at radius 1 is 1.64 bits per heavy atom. The molecule has 1 rings (SSSR count). The number of hydrogen-bond donors (Lipinski definition) is 1. The highest BCUT2D eigenvalue weighted by atomic mass is 35.5. The maximum absolute atomic E-state index is 9.23. The molecule has 60 valence electrons. The van der Waals surface area contributed by atoms with E-state index in [4.69, 9.17) is 11.6 Å². The molecule has 1 heterocycles. The van der Waals surface area contributed by atoms with E-state index in [1.165, 1.54) is 0 Å². The first kappa shape index (κ1) is 8.50. The lowest BCUT2D eigenvalue weighted by Crippen LogP contribution is -1.96. The van der Waals surface area contributed by atoms with Crippen LogP contribution in [0.4, 0.5) is 0 Å². The molecule has 1 aromatic rings. The first-order valence-electron chi connectivity index (χ1n) is 3.41. The molecule has 0 saturated heterocycles. The van der Waals surface area contributed by atoms with Crippen LogP contribution < -0.4 is 0 Å². The van der Waals surface area contributed by atoms with E-state index in [0.29, 0.717) is 5.02 Å². The molecule has 1 atom stereocenters. The minimum Gasteiger partial charge on any atom is -0.389 e. The molecule has 1 N–H and O–H groups in total. The number of pyridine rings is 1. The molecule has 0 aliphatic rings. The maximum Gasteiger partial charge on any atom is 0.0779 e. The van der Waals surface area contributed by atoms with Crippen LogP contribution in [0.1, 0.15) is 24.3 Å². The van der Waals surface area contributed by atoms with Gasteiger partial charge in [0.05, 0.1) is 11.1 Å². The summed E-state index contributed by atoms with van der Waals surface area (Å²) in [6, 6.07) is 1.73. The van der Waals surface area contributed by atoms with Gasteiger partial charge in [-0.25, -0.2) is 0 Å². The topological polar surface area (TPSA) is 33.1 Å². The van der Waals surface area contributed by atoms with Crippen molar-refractivity contribution in [3.05, 3.63) is 28.5 Å². The van der Waals surface area contributed by atoms with Crippen molar-refractivity contribution in [2.45, 2.75) is 20.0 Å². The van der Waals surface area contributed by atoms with Crippen molar-refractivity contribution >= 4 is 11.6 Å². The Labute approximate surface area is 70.8 Å². The Kier molecular flexibility index (Phi) is 2.47. The predicted molar refractivity (Wildman–Crippen MR) is 44.6 cm³/mol. The first-order valence-corrected chi connectivity index (χ1v) is 3.79. The van der Waals surface area contributed by atoms with Gasteiger partial charge in [-0.2, -0.15) is 0 Å². The van der Waals surface area contributed by atoms with Crippen molar-refractivity contribution in [2.75, 3.05) is 0 Å². The van der Waals surface area contributed by atoms with Gasteiger partial charge < -0.3 is 5.11 Å². The molecule has 0 unspecified atom stereocenters. The Hall–Kier alpha value is -0.600. The van der Waals surface area contributed by atoms with Crippen molar-refractivity contribution in [1.82, 2.24) is 4.98 Å². The average molecular weight is 172 g/mol. The highest BCUT2D eigenvalue weighted by Gasteiger charge is 2.05. The molecule has 0 aliphatic carbocycles. The number of aromatic nitrogens is 1. The van der Waals surface area contributed by atoms with Crippen LogP contribution in [-0.2, 0) is 0 Å². The van der Waals surface area contributed by atoms with E-state index in [0.717, 1.165) is 11.3 Å². The number of aryl methyl sites for hydroxylation is 1. The summed E-state index contributed by atoms with van der Waals surface area (Å²) in [5, 5.41) is 9.79. The predicted octanol–water partition coefficient (Wildman–Crippen LogP) is 2.10. The summed E-state index contributed by atoms with van der Waals surface area (Å²) in [5.41, 5.74) is 1.61. The third-order valence-corrected chi connectivity index (χ3v) is 1.75. The third kappa shape index (κ3) is 1.91. The zero-order valence-corrected chi connectivity index (χ0v) is 7.26. The van der Waals surface area contributed by atoms with Gasteiger partial charge >= 0.3 is 0 Å². The Morgan fingerprint density at radius 2 is 2.27 bits per heavy atom. The zero-order valence-electron chi connectivity index (χ0n) is 6.50. The number of aliphatic hydroxyl groups is 1. The lowest BCUT2D eigenvalue weighted by molar-refractivity contribution is 0.198. The van der Waals surface area contributed by atoms with Crippen molar-refractivity contribution in [1.29, 1.82) is 0 Å². The molecule has 0 aliphatic heterocycles. The van der Waals surface area contributed by atoms with E-state index in [-0.39, 0.29) is 0 Å². The SMILES string of the molecule is Cc1ncc(Cl)cc1[C@H](C)O. The van der Waals surface area contributed by atoms with Crippen LogP contribution in [0.2, 0.25) is 5.02 Å². The molecule has 0 spiro atoms. The number of halogens is 1. The molecular formula is C8H10ClNO. The lowest BCUT2D eigenvalue weighted by atomic mass is 10.1. The molecule has 2 nitrogen and oxygen atoms in total. The van der Waals surface area contributed by atoms with E-state index in [2.05, 4.69) is 4.98 Å². The number of hydrogen-bond acceptors (Lipinski definition) is 2. The van der Waals surface area contributed by atoms with Gasteiger partial charge in [0.25, 0.3) is 0 Å². The maximum atomic E-state index is 9.23. The molecule has 0 fully saturated rings. The summed E-state index contributed by atoms with van der Waals surface area (Å²) in [4.78, 5) is 4.01. The molecule has 0 aromatic carbocycles. The van der Waals surface area contributed by atoms with Crippen molar-refractivity contribution in [3.63, 3.8) is 0 Å². The fourth-order valence-electron chi connectivity index (χ4n) is 0.946. The van der Waals surface area contributed by atoms with Gasteiger partial charge in [-0.15, -0.1) is 0 Å². The van der Waals surface area contributed by atoms with Crippen LogP contribution >= 0.6 is 11.6 Å². The van der Waals surface area contributed by atoms with Crippen LogP contribution in [0.3, 0.4) is 0 Å². The quantitative estimate of drug-likeness (QED) is 0.702.